The van der Waals surface area contributed by atoms with Gasteiger partial charge < -0.3 is 14.5 Å². The summed E-state index contributed by atoms with van der Waals surface area (Å²) in [6, 6.07) is 17.6. The third-order valence-corrected chi connectivity index (χ3v) is 5.42. The topological polar surface area (TPSA) is 86.4 Å². The maximum atomic E-state index is 13.0. The standard InChI is InChI=1S/C24H19N3O4/c1-14(27-24(29)16-8-4-3-7-15(16)13-25-27)23(28)26-19-12-21-18(11-22(19)30-2)17-9-5-6-10-20(17)31-21/h3-14H,1-2H3,(H,26,28)/t14-/m0/s1. The van der Waals surface area contributed by atoms with Crippen LogP contribution < -0.4 is 15.6 Å². The number of amides is 1. The monoisotopic (exact) mass is 413 g/mol. The number of furan rings is 1. The van der Waals surface area contributed by atoms with E-state index in [1.165, 1.54) is 11.8 Å². The minimum absolute atomic E-state index is 0.319. The fourth-order valence-electron chi connectivity index (χ4n) is 3.75. The molecule has 0 aliphatic heterocycles. The van der Waals surface area contributed by atoms with Crippen LogP contribution in [0, 0.1) is 0 Å². The van der Waals surface area contributed by atoms with Crippen molar-refractivity contribution in [2.24, 2.45) is 0 Å². The van der Waals surface area contributed by atoms with E-state index in [9.17, 15) is 9.59 Å². The van der Waals surface area contributed by atoms with Crippen molar-refractivity contribution >= 4 is 44.3 Å². The van der Waals surface area contributed by atoms with E-state index in [0.29, 0.717) is 22.4 Å². The molecule has 0 aliphatic carbocycles. The molecule has 7 heteroatoms. The number of benzene rings is 3. The molecule has 0 bridgehead atoms. The Balaban J connectivity index is 1.51. The molecule has 0 radical (unpaired) electrons. The maximum Gasteiger partial charge on any atom is 0.275 e. The molecule has 1 atom stereocenters. The number of nitrogens with one attached hydrogen (secondary N) is 1. The second kappa shape index (κ2) is 7.28. The number of rotatable bonds is 4. The molecule has 1 N–H and O–H groups in total. The molecule has 0 aliphatic rings. The lowest BCUT2D eigenvalue weighted by Crippen LogP contribution is -2.33. The molecule has 2 aromatic heterocycles. The van der Waals surface area contributed by atoms with Crippen LogP contribution in [0.25, 0.3) is 32.7 Å². The number of hydrogen-bond acceptors (Lipinski definition) is 5. The molecule has 31 heavy (non-hydrogen) atoms. The van der Waals surface area contributed by atoms with Crippen LogP contribution in [0.3, 0.4) is 0 Å². The fraction of sp³-hybridized carbons (Fsp3) is 0.125. The quantitative estimate of drug-likeness (QED) is 0.469. The zero-order chi connectivity index (χ0) is 21.5. The van der Waals surface area contributed by atoms with Gasteiger partial charge in [0.2, 0.25) is 5.91 Å². The van der Waals surface area contributed by atoms with Crippen molar-refractivity contribution in [2.75, 3.05) is 12.4 Å². The van der Waals surface area contributed by atoms with Crippen molar-refractivity contribution in [3.8, 4) is 5.75 Å². The minimum Gasteiger partial charge on any atom is -0.495 e. The normalized spacial score (nSPS) is 12.3. The van der Waals surface area contributed by atoms with Gasteiger partial charge in [0.15, 0.2) is 0 Å². The molecule has 5 aromatic rings. The summed E-state index contributed by atoms with van der Waals surface area (Å²) in [4.78, 5) is 25.8. The average molecular weight is 413 g/mol. The Kier molecular flexibility index (Phi) is 4.43. The van der Waals surface area contributed by atoms with Crippen molar-refractivity contribution in [3.63, 3.8) is 0 Å². The Hall–Kier alpha value is -4.13. The summed E-state index contributed by atoms with van der Waals surface area (Å²) in [5, 5.41) is 10.1. The van der Waals surface area contributed by atoms with Crippen molar-refractivity contribution in [1.82, 2.24) is 9.78 Å². The lowest BCUT2D eigenvalue weighted by Gasteiger charge is -2.16. The molecule has 0 fully saturated rings. The first-order valence-corrected chi connectivity index (χ1v) is 9.83. The number of para-hydroxylation sites is 1. The number of fused-ring (bicyclic) bond motifs is 4. The van der Waals surface area contributed by atoms with E-state index in [-0.39, 0.29) is 5.56 Å². The summed E-state index contributed by atoms with van der Waals surface area (Å²) < 4.78 is 12.6. The van der Waals surface area contributed by atoms with Crippen LogP contribution in [-0.4, -0.2) is 22.8 Å². The summed E-state index contributed by atoms with van der Waals surface area (Å²) in [7, 11) is 1.54. The molecule has 5 rings (SSSR count). The van der Waals surface area contributed by atoms with Crippen molar-refractivity contribution < 1.29 is 13.9 Å². The van der Waals surface area contributed by atoms with Gasteiger partial charge in [0, 0.05) is 22.2 Å². The van der Waals surface area contributed by atoms with Crippen molar-refractivity contribution in [3.05, 3.63) is 77.2 Å². The van der Waals surface area contributed by atoms with Crippen LogP contribution >= 0.6 is 0 Å². The highest BCUT2D eigenvalue weighted by Crippen LogP contribution is 2.36. The SMILES string of the molecule is COc1cc2c(cc1NC(=O)[C@H](C)n1ncc3ccccc3c1=O)oc1ccccc12. The van der Waals surface area contributed by atoms with Gasteiger partial charge in [0.25, 0.3) is 5.56 Å². The summed E-state index contributed by atoms with van der Waals surface area (Å²) in [5.74, 6) is 0.108. The van der Waals surface area contributed by atoms with E-state index in [2.05, 4.69) is 10.4 Å². The Morgan fingerprint density at radius 3 is 2.58 bits per heavy atom. The number of aromatic nitrogens is 2. The van der Waals surface area contributed by atoms with E-state index in [1.54, 1.807) is 31.3 Å². The first-order valence-electron chi connectivity index (χ1n) is 9.83. The van der Waals surface area contributed by atoms with Gasteiger partial charge in [0.05, 0.1) is 24.4 Å². The lowest BCUT2D eigenvalue weighted by atomic mass is 10.1. The number of ether oxygens (including phenoxy) is 1. The highest BCUT2D eigenvalue weighted by atomic mass is 16.5. The second-order valence-corrected chi connectivity index (χ2v) is 7.29. The van der Waals surface area contributed by atoms with Crippen molar-refractivity contribution in [2.45, 2.75) is 13.0 Å². The largest absolute Gasteiger partial charge is 0.495 e. The zero-order valence-electron chi connectivity index (χ0n) is 17.0. The summed E-state index contributed by atoms with van der Waals surface area (Å²) >= 11 is 0. The number of hydrogen-bond donors (Lipinski definition) is 1. The molecule has 1 amide bonds. The Morgan fingerprint density at radius 1 is 1.03 bits per heavy atom. The van der Waals surface area contributed by atoms with E-state index in [4.69, 9.17) is 9.15 Å². The van der Waals surface area contributed by atoms with Gasteiger partial charge in [-0.15, -0.1) is 0 Å². The number of carbonyl (C=O) groups is 1. The van der Waals surface area contributed by atoms with Crippen LogP contribution in [0.2, 0.25) is 0 Å². The van der Waals surface area contributed by atoms with Crippen LogP contribution in [0.5, 0.6) is 5.75 Å². The Bertz CT molecular complexity index is 1520. The summed E-state index contributed by atoms with van der Waals surface area (Å²) in [5.41, 5.74) is 1.52. The number of carbonyl (C=O) groups excluding carboxylic acids is 1. The average Bonchev–Trinajstić information content (AvgIpc) is 3.15. The van der Waals surface area contributed by atoms with Gasteiger partial charge in [-0.1, -0.05) is 36.4 Å². The molecular weight excluding hydrogens is 394 g/mol. The fourth-order valence-corrected chi connectivity index (χ4v) is 3.75. The third-order valence-electron chi connectivity index (χ3n) is 5.42. The summed E-state index contributed by atoms with van der Waals surface area (Å²) in [6.45, 7) is 1.63. The van der Waals surface area contributed by atoms with Gasteiger partial charge in [-0.05, 0) is 25.1 Å². The Labute approximate surface area is 176 Å². The van der Waals surface area contributed by atoms with Gasteiger partial charge in [-0.25, -0.2) is 4.68 Å². The molecule has 0 spiro atoms. The molecule has 0 saturated heterocycles. The van der Waals surface area contributed by atoms with Crippen LogP contribution in [0.4, 0.5) is 5.69 Å². The van der Waals surface area contributed by atoms with Gasteiger partial charge in [-0.2, -0.15) is 5.10 Å². The molecule has 0 saturated carbocycles. The smallest absolute Gasteiger partial charge is 0.275 e. The number of anilines is 1. The lowest BCUT2D eigenvalue weighted by molar-refractivity contribution is -0.119. The van der Waals surface area contributed by atoms with E-state index >= 15 is 0 Å². The zero-order valence-corrected chi connectivity index (χ0v) is 17.0. The molecule has 0 unspecified atom stereocenters. The van der Waals surface area contributed by atoms with E-state index in [0.717, 1.165) is 21.7 Å². The predicted molar refractivity (Wildman–Crippen MR) is 120 cm³/mol. The third kappa shape index (κ3) is 3.11. The van der Waals surface area contributed by atoms with Crippen molar-refractivity contribution in [1.29, 1.82) is 0 Å². The van der Waals surface area contributed by atoms with Crippen LogP contribution in [0.15, 0.2) is 76.1 Å². The first kappa shape index (κ1) is 18.9. The highest BCUT2D eigenvalue weighted by Gasteiger charge is 2.21. The maximum absolute atomic E-state index is 13.0. The summed E-state index contributed by atoms with van der Waals surface area (Å²) in [6.07, 6.45) is 1.58. The van der Waals surface area contributed by atoms with E-state index in [1.807, 2.05) is 42.5 Å². The molecule has 2 heterocycles. The van der Waals surface area contributed by atoms with Gasteiger partial charge in [0.1, 0.15) is 23.0 Å². The molecule has 7 nitrogen and oxygen atoms in total. The Morgan fingerprint density at radius 2 is 1.77 bits per heavy atom. The van der Waals surface area contributed by atoms with Gasteiger partial charge >= 0.3 is 0 Å². The van der Waals surface area contributed by atoms with Gasteiger partial charge in [-0.3, -0.25) is 9.59 Å². The highest BCUT2D eigenvalue weighted by molar-refractivity contribution is 6.08. The first-order chi connectivity index (χ1) is 15.1. The second-order valence-electron chi connectivity index (χ2n) is 7.29. The molecular formula is C24H19N3O4. The number of nitrogens with zero attached hydrogens (tertiary/aromatic N) is 2. The minimum atomic E-state index is -0.826. The van der Waals surface area contributed by atoms with Crippen LogP contribution in [0.1, 0.15) is 13.0 Å². The predicted octanol–water partition coefficient (Wildman–Crippen LogP) is 4.50. The molecule has 154 valence electrons. The molecule has 3 aromatic carbocycles. The van der Waals surface area contributed by atoms with E-state index < -0.39 is 11.9 Å². The van der Waals surface area contributed by atoms with Crippen LogP contribution in [-0.2, 0) is 4.79 Å². The number of methoxy groups -OCH3 is 1.